The monoisotopic (exact) mass is 477 g/mol. The lowest BCUT2D eigenvalue weighted by Gasteiger charge is -2.29. The highest BCUT2D eigenvalue weighted by atomic mass is 35.5. The molecule has 2 aromatic rings. The van der Waals surface area contributed by atoms with Crippen molar-refractivity contribution in [2.24, 2.45) is 5.41 Å². The van der Waals surface area contributed by atoms with Crippen molar-refractivity contribution in [2.45, 2.75) is 52.3 Å². The highest BCUT2D eigenvalue weighted by Crippen LogP contribution is 2.33. The first-order valence-electron chi connectivity index (χ1n) is 10.6. The number of amides is 3. The topological polar surface area (TPSA) is 81.7 Å². The number of aliphatic hydroxyl groups excluding tert-OH is 1. The predicted molar refractivity (Wildman–Crippen MR) is 128 cm³/mol. The van der Waals surface area contributed by atoms with Crippen LogP contribution in [-0.2, 0) is 11.3 Å². The van der Waals surface area contributed by atoms with Crippen molar-refractivity contribution in [3.8, 4) is 0 Å². The van der Waals surface area contributed by atoms with Crippen LogP contribution in [-0.4, -0.2) is 34.5 Å². The van der Waals surface area contributed by atoms with E-state index in [2.05, 4.69) is 10.6 Å². The first-order valence-corrected chi connectivity index (χ1v) is 11.4. The van der Waals surface area contributed by atoms with Gasteiger partial charge in [0.15, 0.2) is 0 Å². The number of nitrogens with zero attached hydrogens (tertiary/aromatic N) is 1. The van der Waals surface area contributed by atoms with Crippen LogP contribution in [0.25, 0.3) is 0 Å². The Morgan fingerprint density at radius 1 is 1.12 bits per heavy atom. The van der Waals surface area contributed by atoms with Crippen LogP contribution in [0, 0.1) is 5.41 Å². The molecule has 1 heterocycles. The third-order valence-corrected chi connectivity index (χ3v) is 6.29. The summed E-state index contributed by atoms with van der Waals surface area (Å²) in [7, 11) is 0. The molecule has 0 saturated carbocycles. The van der Waals surface area contributed by atoms with Crippen LogP contribution in [0.3, 0.4) is 0 Å². The number of rotatable bonds is 5. The Bertz CT molecular complexity index is 973. The minimum Gasteiger partial charge on any atom is -0.386 e. The molecule has 8 heteroatoms. The molecule has 3 N–H and O–H groups in total. The van der Waals surface area contributed by atoms with Gasteiger partial charge in [0.2, 0.25) is 5.91 Å². The Hall–Kier alpha value is -2.28. The van der Waals surface area contributed by atoms with E-state index in [0.717, 1.165) is 12.0 Å². The number of hydrogen-bond donors (Lipinski definition) is 3. The third kappa shape index (κ3) is 5.94. The second-order valence-electron chi connectivity index (χ2n) is 9.08. The number of carbonyl (C=O) groups excluding carboxylic acids is 2. The molecule has 0 unspecified atom stereocenters. The van der Waals surface area contributed by atoms with Gasteiger partial charge in [0.1, 0.15) is 0 Å². The molecule has 2 atom stereocenters. The van der Waals surface area contributed by atoms with Gasteiger partial charge in [-0.1, -0.05) is 62.2 Å². The summed E-state index contributed by atoms with van der Waals surface area (Å²) in [6.07, 6.45) is 0.649. The maximum absolute atomic E-state index is 12.9. The number of benzene rings is 2. The van der Waals surface area contributed by atoms with Gasteiger partial charge in [-0.2, -0.15) is 0 Å². The number of nitrogens with one attached hydrogen (secondary N) is 2. The summed E-state index contributed by atoms with van der Waals surface area (Å²) in [6, 6.07) is 11.7. The summed E-state index contributed by atoms with van der Waals surface area (Å²) in [5.41, 5.74) is 1.78. The second kappa shape index (κ2) is 10.1. The smallest absolute Gasteiger partial charge is 0.322 e. The van der Waals surface area contributed by atoms with Gasteiger partial charge in [-0.3, -0.25) is 4.79 Å². The van der Waals surface area contributed by atoms with Crippen molar-refractivity contribution in [2.75, 3.05) is 11.9 Å². The molecule has 0 bridgehead atoms. The summed E-state index contributed by atoms with van der Waals surface area (Å²) in [5, 5.41) is 17.5. The maximum atomic E-state index is 12.9. The molecule has 3 rings (SSSR count). The normalized spacial score (nSPS) is 17.2. The summed E-state index contributed by atoms with van der Waals surface area (Å²) in [4.78, 5) is 26.6. The molecular weight excluding hydrogens is 449 g/mol. The molecule has 1 aliphatic rings. The van der Waals surface area contributed by atoms with Crippen molar-refractivity contribution in [3.05, 3.63) is 63.6 Å². The number of hydrogen-bond acceptors (Lipinski definition) is 3. The summed E-state index contributed by atoms with van der Waals surface area (Å²) < 4.78 is 0. The van der Waals surface area contributed by atoms with E-state index in [1.54, 1.807) is 35.2 Å². The zero-order valence-electron chi connectivity index (χ0n) is 18.5. The molecule has 1 fully saturated rings. The molecule has 1 aliphatic heterocycles. The van der Waals surface area contributed by atoms with Crippen LogP contribution < -0.4 is 10.6 Å². The van der Waals surface area contributed by atoms with Crippen LogP contribution in [0.4, 0.5) is 10.5 Å². The number of likely N-dealkylation sites (tertiary alicyclic amines) is 1. The summed E-state index contributed by atoms with van der Waals surface area (Å²) in [5.74, 6) is -0.0181. The predicted octanol–water partition coefficient (Wildman–Crippen LogP) is 5.39. The molecule has 32 heavy (non-hydrogen) atoms. The number of carbonyl (C=O) groups is 2. The van der Waals surface area contributed by atoms with E-state index >= 15 is 0 Å². The third-order valence-electron chi connectivity index (χ3n) is 5.55. The van der Waals surface area contributed by atoms with E-state index < -0.39 is 11.5 Å². The van der Waals surface area contributed by atoms with Crippen molar-refractivity contribution < 1.29 is 14.7 Å². The van der Waals surface area contributed by atoms with Crippen molar-refractivity contribution in [1.29, 1.82) is 0 Å². The van der Waals surface area contributed by atoms with E-state index in [4.69, 9.17) is 23.2 Å². The van der Waals surface area contributed by atoms with Gasteiger partial charge in [-0.25, -0.2) is 4.79 Å². The highest BCUT2D eigenvalue weighted by molar-refractivity contribution is 6.42. The van der Waals surface area contributed by atoms with Crippen LogP contribution >= 0.6 is 23.2 Å². The lowest BCUT2D eigenvalue weighted by atomic mass is 9.95. The first-order chi connectivity index (χ1) is 15.1. The Kier molecular flexibility index (Phi) is 7.70. The minimum atomic E-state index is -0.855. The Balaban J connectivity index is 1.60. The molecule has 0 spiro atoms. The Labute approximate surface area is 198 Å². The average molecular weight is 478 g/mol. The van der Waals surface area contributed by atoms with Gasteiger partial charge in [-0.05, 0) is 48.2 Å². The van der Waals surface area contributed by atoms with Crippen molar-refractivity contribution in [3.63, 3.8) is 0 Å². The number of aliphatic hydroxyl groups is 1. The molecule has 0 aromatic heterocycles. The SMILES string of the molecule is CC(C)(C)C(=O)NCc1ccc(NC(=O)N2CCC[C@H]2[C@@H](O)c2ccc(Cl)c(Cl)c2)cc1. The molecule has 2 aromatic carbocycles. The van der Waals surface area contributed by atoms with Crippen LogP contribution in [0.1, 0.15) is 50.8 Å². The number of halogens is 2. The minimum absolute atomic E-state index is 0.0181. The highest BCUT2D eigenvalue weighted by Gasteiger charge is 2.35. The number of urea groups is 1. The average Bonchev–Trinajstić information content (AvgIpc) is 3.24. The quantitative estimate of drug-likeness (QED) is 0.539. The van der Waals surface area contributed by atoms with E-state index in [-0.39, 0.29) is 18.0 Å². The van der Waals surface area contributed by atoms with Gasteiger partial charge in [0.25, 0.3) is 0 Å². The molecule has 172 valence electrons. The standard InChI is InChI=1S/C24H29Cl2N3O3/c1-24(2,3)22(31)27-14-15-6-9-17(10-7-15)28-23(32)29-12-4-5-20(29)21(30)16-8-11-18(25)19(26)13-16/h6-11,13,20-21,30H,4-5,12,14H2,1-3H3,(H,27,31)(H,28,32)/t20-,21-/m0/s1. The largest absolute Gasteiger partial charge is 0.386 e. The van der Waals surface area contributed by atoms with E-state index in [0.29, 0.717) is 40.8 Å². The maximum Gasteiger partial charge on any atom is 0.322 e. The zero-order valence-corrected chi connectivity index (χ0v) is 20.0. The first kappa shape index (κ1) is 24.4. The zero-order chi connectivity index (χ0) is 23.5. The van der Waals surface area contributed by atoms with Gasteiger partial charge < -0.3 is 20.6 Å². The molecular formula is C24H29Cl2N3O3. The van der Waals surface area contributed by atoms with Crippen LogP contribution in [0.2, 0.25) is 10.0 Å². The fraction of sp³-hybridized carbons (Fsp3) is 0.417. The lowest BCUT2D eigenvalue weighted by Crippen LogP contribution is -2.41. The van der Waals surface area contributed by atoms with Crippen molar-refractivity contribution in [1.82, 2.24) is 10.2 Å². The van der Waals surface area contributed by atoms with Crippen LogP contribution in [0.5, 0.6) is 0 Å². The van der Waals surface area contributed by atoms with Gasteiger partial charge in [0, 0.05) is 24.2 Å². The van der Waals surface area contributed by atoms with E-state index in [1.165, 1.54) is 0 Å². The summed E-state index contributed by atoms with van der Waals surface area (Å²) in [6.45, 7) is 6.58. The van der Waals surface area contributed by atoms with E-state index in [1.807, 2.05) is 32.9 Å². The van der Waals surface area contributed by atoms with Gasteiger partial charge in [0.05, 0.1) is 22.2 Å². The fourth-order valence-electron chi connectivity index (χ4n) is 3.64. The molecule has 0 radical (unpaired) electrons. The molecule has 1 saturated heterocycles. The molecule has 3 amide bonds. The van der Waals surface area contributed by atoms with Crippen molar-refractivity contribution >= 4 is 40.8 Å². The second-order valence-corrected chi connectivity index (χ2v) is 9.90. The molecule has 0 aliphatic carbocycles. The van der Waals surface area contributed by atoms with E-state index in [9.17, 15) is 14.7 Å². The van der Waals surface area contributed by atoms with Gasteiger partial charge in [-0.15, -0.1) is 0 Å². The fourth-order valence-corrected chi connectivity index (χ4v) is 3.95. The summed E-state index contributed by atoms with van der Waals surface area (Å²) >= 11 is 12.1. The van der Waals surface area contributed by atoms with Crippen LogP contribution in [0.15, 0.2) is 42.5 Å². The van der Waals surface area contributed by atoms with Gasteiger partial charge >= 0.3 is 6.03 Å². The Morgan fingerprint density at radius 2 is 1.81 bits per heavy atom. The molecule has 6 nitrogen and oxygen atoms in total. The lowest BCUT2D eigenvalue weighted by molar-refractivity contribution is -0.128. The Morgan fingerprint density at radius 3 is 2.44 bits per heavy atom. The number of anilines is 1.